The molecule has 1 atom stereocenters. The van der Waals surface area contributed by atoms with E-state index in [2.05, 4.69) is 9.98 Å². The molecule has 3 rings (SSSR count). The van der Waals surface area contributed by atoms with Gasteiger partial charge in [0, 0.05) is 16.5 Å². The largest absolute Gasteiger partial charge is 0.238 e. The number of nitrogens with zero attached hydrogens (tertiary/aromatic N) is 2. The lowest BCUT2D eigenvalue weighted by Gasteiger charge is -2.17. The van der Waals surface area contributed by atoms with E-state index in [0.29, 0.717) is 32.6 Å². The van der Waals surface area contributed by atoms with Crippen LogP contribution in [0.1, 0.15) is 25.0 Å². The second-order valence-corrected chi connectivity index (χ2v) is 6.42. The average Bonchev–Trinajstić information content (AvgIpc) is 2.61. The molecule has 0 aliphatic carbocycles. The highest BCUT2D eigenvalue weighted by molar-refractivity contribution is 6.30. The predicted molar refractivity (Wildman–Crippen MR) is 93.3 cm³/mol. The number of hydrogen-bond acceptors (Lipinski definition) is 5. The smallest absolute Gasteiger partial charge is 0.148 e. The molecule has 1 aliphatic rings. The van der Waals surface area contributed by atoms with Gasteiger partial charge in [0.1, 0.15) is 28.7 Å². The van der Waals surface area contributed by atoms with E-state index in [-0.39, 0.29) is 27.2 Å². The molecule has 0 radical (unpaired) electrons. The number of aromatic nitrogens is 1. The monoisotopic (exact) mass is 352 g/mol. The van der Waals surface area contributed by atoms with Gasteiger partial charge in [0.2, 0.25) is 0 Å². The SMILES string of the molecule is CC1=c2c(=C=O)c(=C=O)c3c(C)c(C)c(Cl)nc3c2=NC(=C=O)C1C. The maximum atomic E-state index is 11.7. The quantitative estimate of drug-likeness (QED) is 0.480. The fourth-order valence-corrected chi connectivity index (χ4v) is 3.40. The van der Waals surface area contributed by atoms with Crippen molar-refractivity contribution >= 4 is 45.9 Å². The van der Waals surface area contributed by atoms with Crippen LogP contribution in [0.2, 0.25) is 5.15 Å². The molecule has 0 saturated heterocycles. The number of aryl methyl sites for hydroxylation is 1. The Kier molecular flexibility index (Phi) is 4.04. The van der Waals surface area contributed by atoms with Gasteiger partial charge in [-0.2, -0.15) is 0 Å². The van der Waals surface area contributed by atoms with Crippen molar-refractivity contribution in [3.05, 3.63) is 43.0 Å². The van der Waals surface area contributed by atoms with Crippen LogP contribution in [0.15, 0.2) is 10.7 Å². The topological polar surface area (TPSA) is 76.5 Å². The van der Waals surface area contributed by atoms with Crippen LogP contribution in [0.25, 0.3) is 16.5 Å². The van der Waals surface area contributed by atoms with Gasteiger partial charge >= 0.3 is 0 Å². The van der Waals surface area contributed by atoms with Crippen molar-refractivity contribution in [3.8, 4) is 0 Å². The molecule has 25 heavy (non-hydrogen) atoms. The molecule has 124 valence electrons. The Hall–Kier alpha value is -2.80. The Balaban J connectivity index is 2.97. The summed E-state index contributed by atoms with van der Waals surface area (Å²) in [7, 11) is 0. The van der Waals surface area contributed by atoms with Gasteiger partial charge in [0.15, 0.2) is 0 Å². The number of rotatable bonds is 0. The number of halogens is 1. The summed E-state index contributed by atoms with van der Waals surface area (Å²) in [5.74, 6) is 5.20. The molecule has 0 N–H and O–H groups in total. The number of hydrogen-bond donors (Lipinski definition) is 0. The molecule has 0 spiro atoms. The van der Waals surface area contributed by atoms with Gasteiger partial charge < -0.3 is 0 Å². The molecule has 2 aromatic rings. The summed E-state index contributed by atoms with van der Waals surface area (Å²) in [6.45, 7) is 7.12. The zero-order valence-corrected chi connectivity index (χ0v) is 14.8. The Morgan fingerprint density at radius 2 is 1.60 bits per heavy atom. The van der Waals surface area contributed by atoms with Crippen molar-refractivity contribution in [3.63, 3.8) is 0 Å². The summed E-state index contributed by atoms with van der Waals surface area (Å²) in [5.41, 5.74) is 2.69. The molecule has 1 aliphatic heterocycles. The molecule has 5 nitrogen and oxygen atoms in total. The second-order valence-electron chi connectivity index (χ2n) is 6.06. The standard InChI is InChI=1S/C19H13ClN2O3/c1-8-9(2)15-12(5-23)13(6-24)16-10(3)11(4)19(20)22-18(16)17(15)21-14(8)7-25/h8H,1-4H3. The van der Waals surface area contributed by atoms with E-state index in [0.717, 1.165) is 5.57 Å². The van der Waals surface area contributed by atoms with E-state index in [1.54, 1.807) is 27.7 Å². The van der Waals surface area contributed by atoms with Crippen molar-refractivity contribution in [1.82, 2.24) is 4.98 Å². The number of benzene rings is 1. The third-order valence-electron chi connectivity index (χ3n) is 4.90. The van der Waals surface area contributed by atoms with Crippen LogP contribution in [-0.4, -0.2) is 22.8 Å². The van der Waals surface area contributed by atoms with E-state index in [1.165, 1.54) is 0 Å². The number of fused-ring (bicyclic) bond motifs is 3. The van der Waals surface area contributed by atoms with Gasteiger partial charge in [-0.1, -0.05) is 24.1 Å². The van der Waals surface area contributed by atoms with Gasteiger partial charge in [-0.25, -0.2) is 24.4 Å². The van der Waals surface area contributed by atoms with E-state index >= 15 is 0 Å². The second kappa shape index (κ2) is 5.93. The van der Waals surface area contributed by atoms with Gasteiger partial charge in [0.25, 0.3) is 0 Å². The van der Waals surface area contributed by atoms with Gasteiger partial charge in [-0.05, 0) is 31.9 Å². The van der Waals surface area contributed by atoms with Crippen LogP contribution in [0.3, 0.4) is 0 Å². The van der Waals surface area contributed by atoms with Crippen LogP contribution >= 0.6 is 11.6 Å². The molecule has 6 heteroatoms. The molecule has 0 amide bonds. The van der Waals surface area contributed by atoms with Crippen LogP contribution in [0, 0.1) is 19.8 Å². The first-order valence-electron chi connectivity index (χ1n) is 7.60. The van der Waals surface area contributed by atoms with Crippen molar-refractivity contribution < 1.29 is 14.4 Å². The summed E-state index contributed by atoms with van der Waals surface area (Å²) in [4.78, 5) is 43.4. The van der Waals surface area contributed by atoms with Gasteiger partial charge in [-0.3, -0.25) is 0 Å². The molecular formula is C19H13ClN2O3. The Morgan fingerprint density at radius 3 is 2.16 bits per heavy atom. The minimum absolute atomic E-state index is 0.0853. The molecule has 1 aromatic heterocycles. The van der Waals surface area contributed by atoms with Crippen molar-refractivity contribution in [2.75, 3.05) is 0 Å². The normalized spacial score (nSPS) is 16.0. The fourth-order valence-electron chi connectivity index (χ4n) is 3.17. The van der Waals surface area contributed by atoms with E-state index in [4.69, 9.17) is 11.6 Å². The van der Waals surface area contributed by atoms with Crippen LogP contribution < -0.4 is 21.0 Å². The summed E-state index contributed by atoms with van der Waals surface area (Å²) in [6, 6.07) is 0. The van der Waals surface area contributed by atoms with Crippen molar-refractivity contribution in [1.29, 1.82) is 0 Å². The zero-order chi connectivity index (χ0) is 18.5. The maximum Gasteiger partial charge on any atom is 0.148 e. The molecule has 2 heterocycles. The lowest BCUT2D eigenvalue weighted by molar-refractivity contribution is 0.563. The van der Waals surface area contributed by atoms with E-state index in [1.807, 2.05) is 17.8 Å². The first-order chi connectivity index (χ1) is 11.9. The molecule has 0 saturated carbocycles. The van der Waals surface area contributed by atoms with Crippen LogP contribution in [0.5, 0.6) is 0 Å². The lowest BCUT2D eigenvalue weighted by atomic mass is 9.91. The summed E-state index contributed by atoms with van der Waals surface area (Å²) in [5, 5.41) is 1.70. The van der Waals surface area contributed by atoms with E-state index in [9.17, 15) is 14.4 Å². The lowest BCUT2D eigenvalue weighted by Crippen LogP contribution is -2.53. The molecule has 1 unspecified atom stereocenters. The summed E-state index contributed by atoms with van der Waals surface area (Å²) in [6.07, 6.45) is 0. The summed E-state index contributed by atoms with van der Waals surface area (Å²) >= 11 is 6.22. The van der Waals surface area contributed by atoms with Gasteiger partial charge in [0.05, 0.1) is 21.3 Å². The zero-order valence-electron chi connectivity index (χ0n) is 14.1. The first kappa shape index (κ1) is 17.0. The highest BCUT2D eigenvalue weighted by atomic mass is 35.5. The van der Waals surface area contributed by atoms with E-state index < -0.39 is 0 Å². The number of pyridine rings is 1. The molecule has 0 bridgehead atoms. The van der Waals surface area contributed by atoms with Crippen LogP contribution in [0.4, 0.5) is 0 Å². The summed E-state index contributed by atoms with van der Waals surface area (Å²) < 4.78 is 0. The highest BCUT2D eigenvalue weighted by Crippen LogP contribution is 2.23. The minimum atomic E-state index is -0.337. The molecule has 1 aromatic carbocycles. The third kappa shape index (κ3) is 2.23. The molecular weight excluding hydrogens is 340 g/mol. The van der Waals surface area contributed by atoms with Crippen molar-refractivity contribution in [2.45, 2.75) is 27.7 Å². The Labute approximate surface area is 147 Å². The predicted octanol–water partition coefficient (Wildman–Crippen LogP) is -0.333. The number of allylic oxidation sites excluding steroid dienone is 1. The molecule has 0 fully saturated rings. The first-order valence-corrected chi connectivity index (χ1v) is 7.98. The van der Waals surface area contributed by atoms with Crippen molar-refractivity contribution in [2.24, 2.45) is 10.9 Å². The Bertz CT molecular complexity index is 1310. The average molecular weight is 353 g/mol. The Morgan fingerprint density at radius 1 is 0.960 bits per heavy atom. The fraction of sp³-hybridized carbons (Fsp3) is 0.263. The third-order valence-corrected chi connectivity index (χ3v) is 5.27. The minimum Gasteiger partial charge on any atom is -0.238 e. The van der Waals surface area contributed by atoms with Gasteiger partial charge in [-0.15, -0.1) is 0 Å². The van der Waals surface area contributed by atoms with Crippen LogP contribution in [-0.2, 0) is 14.4 Å². The highest BCUT2D eigenvalue weighted by Gasteiger charge is 2.22. The maximum absolute atomic E-state index is 11.7. The number of carbonyl (C=O) groups excluding carboxylic acids is 3.